The van der Waals surface area contributed by atoms with Gasteiger partial charge in [-0.05, 0) is 63.6 Å². The largest absolute Gasteiger partial charge is 0.491 e. The number of nitrogens with one attached hydrogen (secondary N) is 2. The Kier molecular flexibility index (Phi) is 14.6. The van der Waals surface area contributed by atoms with Crippen LogP contribution in [0.4, 0.5) is 5.69 Å². The second-order valence-electron chi connectivity index (χ2n) is 7.03. The first kappa shape index (κ1) is 26.3. The molecule has 1 aromatic carbocycles. The number of anilines is 1. The van der Waals surface area contributed by atoms with Crippen molar-refractivity contribution in [3.8, 4) is 5.75 Å². The van der Waals surface area contributed by atoms with Crippen molar-refractivity contribution in [2.75, 3.05) is 50.2 Å². The van der Waals surface area contributed by atoms with Gasteiger partial charge in [0, 0.05) is 37.7 Å². The van der Waals surface area contributed by atoms with Crippen LogP contribution >= 0.6 is 35.7 Å². The van der Waals surface area contributed by atoms with E-state index in [1.807, 2.05) is 49.9 Å². The minimum absolute atomic E-state index is 0. The first-order valence-corrected chi connectivity index (χ1v) is 11.6. The summed E-state index contributed by atoms with van der Waals surface area (Å²) in [6, 6.07) is 7.96. The molecule has 0 radical (unpaired) electrons. The predicted octanol–water partition coefficient (Wildman–Crippen LogP) is 4.40. The van der Waals surface area contributed by atoms with Crippen molar-refractivity contribution < 1.29 is 14.2 Å². The topological polar surface area (TPSA) is 64.1 Å². The molecule has 2 rings (SSSR count). The molecule has 8 heteroatoms. The van der Waals surface area contributed by atoms with Gasteiger partial charge >= 0.3 is 0 Å². The second kappa shape index (κ2) is 16.0. The molecule has 2 N–H and O–H groups in total. The molecule has 166 valence electrons. The highest BCUT2D eigenvalue weighted by atomic mass is 127. The van der Waals surface area contributed by atoms with E-state index in [0.29, 0.717) is 19.8 Å². The summed E-state index contributed by atoms with van der Waals surface area (Å²) in [5.74, 6) is 2.70. The SMILES string of the molecule is CSCCNC(=NCCCOCC1CCCO1)Nc1ccc(OC(C)C)cc1.I. The molecule has 0 spiro atoms. The second-order valence-corrected chi connectivity index (χ2v) is 8.01. The predicted molar refractivity (Wildman–Crippen MR) is 134 cm³/mol. The molecular weight excluding hydrogens is 501 g/mol. The summed E-state index contributed by atoms with van der Waals surface area (Å²) in [4.78, 5) is 4.67. The lowest BCUT2D eigenvalue weighted by atomic mass is 10.2. The average molecular weight is 538 g/mol. The zero-order valence-electron chi connectivity index (χ0n) is 17.8. The molecule has 1 aliphatic heterocycles. The van der Waals surface area contributed by atoms with Crippen LogP contribution in [0.5, 0.6) is 5.75 Å². The van der Waals surface area contributed by atoms with E-state index in [1.54, 1.807) is 0 Å². The lowest BCUT2D eigenvalue weighted by Gasteiger charge is -2.14. The summed E-state index contributed by atoms with van der Waals surface area (Å²) in [5, 5.41) is 6.74. The first-order chi connectivity index (χ1) is 13.7. The molecule has 1 aliphatic rings. The first-order valence-electron chi connectivity index (χ1n) is 10.2. The van der Waals surface area contributed by atoms with E-state index in [4.69, 9.17) is 14.2 Å². The number of hydrogen-bond donors (Lipinski definition) is 2. The summed E-state index contributed by atoms with van der Waals surface area (Å²) in [5.41, 5.74) is 0.987. The van der Waals surface area contributed by atoms with E-state index in [2.05, 4.69) is 21.9 Å². The van der Waals surface area contributed by atoms with Crippen molar-refractivity contribution in [2.24, 2.45) is 4.99 Å². The Bertz CT molecular complexity index is 567. The molecule has 1 fully saturated rings. The van der Waals surface area contributed by atoms with E-state index < -0.39 is 0 Å². The molecule has 0 aliphatic carbocycles. The van der Waals surface area contributed by atoms with E-state index in [-0.39, 0.29) is 36.2 Å². The summed E-state index contributed by atoms with van der Waals surface area (Å²) in [6.07, 6.45) is 5.73. The van der Waals surface area contributed by atoms with Crippen molar-refractivity contribution in [3.05, 3.63) is 24.3 Å². The van der Waals surface area contributed by atoms with Crippen LogP contribution in [-0.2, 0) is 9.47 Å². The number of ether oxygens (including phenoxy) is 3. The third-order valence-corrected chi connectivity index (χ3v) is 4.74. The zero-order valence-corrected chi connectivity index (χ0v) is 21.0. The monoisotopic (exact) mass is 537 g/mol. The number of benzene rings is 1. The number of halogens is 1. The fraction of sp³-hybridized carbons (Fsp3) is 0.667. The third kappa shape index (κ3) is 11.9. The van der Waals surface area contributed by atoms with Gasteiger partial charge in [0.15, 0.2) is 5.96 Å². The molecule has 6 nitrogen and oxygen atoms in total. The van der Waals surface area contributed by atoms with Crippen molar-refractivity contribution in [1.29, 1.82) is 0 Å². The van der Waals surface area contributed by atoms with Crippen LogP contribution in [0.1, 0.15) is 33.1 Å². The van der Waals surface area contributed by atoms with Gasteiger partial charge in [0.1, 0.15) is 5.75 Å². The fourth-order valence-electron chi connectivity index (χ4n) is 2.78. The number of guanidine groups is 1. The Labute approximate surface area is 197 Å². The Hall–Kier alpha value is -0.710. The minimum atomic E-state index is 0. The number of hydrogen-bond acceptors (Lipinski definition) is 5. The van der Waals surface area contributed by atoms with E-state index in [0.717, 1.165) is 55.6 Å². The van der Waals surface area contributed by atoms with E-state index in [9.17, 15) is 0 Å². The molecule has 29 heavy (non-hydrogen) atoms. The van der Waals surface area contributed by atoms with Gasteiger partial charge in [-0.1, -0.05) is 0 Å². The number of thioether (sulfide) groups is 1. The van der Waals surface area contributed by atoms with Crippen LogP contribution in [0.2, 0.25) is 0 Å². The minimum Gasteiger partial charge on any atom is -0.491 e. The smallest absolute Gasteiger partial charge is 0.195 e. The van der Waals surface area contributed by atoms with Gasteiger partial charge < -0.3 is 24.8 Å². The highest BCUT2D eigenvalue weighted by Gasteiger charge is 2.14. The van der Waals surface area contributed by atoms with Gasteiger partial charge in [-0.2, -0.15) is 11.8 Å². The summed E-state index contributed by atoms with van der Waals surface area (Å²) in [6.45, 7) is 7.92. The maximum Gasteiger partial charge on any atom is 0.195 e. The highest BCUT2D eigenvalue weighted by Crippen LogP contribution is 2.17. The van der Waals surface area contributed by atoms with Crippen molar-refractivity contribution in [1.82, 2.24) is 5.32 Å². The number of rotatable bonds is 12. The lowest BCUT2D eigenvalue weighted by molar-refractivity contribution is 0.0171. The third-order valence-electron chi connectivity index (χ3n) is 4.13. The lowest BCUT2D eigenvalue weighted by Crippen LogP contribution is -2.32. The standard InChI is InChI=1S/C21H35N3O3S.HI/c1-17(2)27-19-9-7-18(8-10-19)24-21(23-12-15-28-3)22-11-5-13-25-16-20-6-4-14-26-20;/h7-10,17,20H,4-6,11-16H2,1-3H3,(H2,22,23,24);1H. The van der Waals surface area contributed by atoms with Crippen molar-refractivity contribution >= 4 is 47.4 Å². The number of nitrogens with zero attached hydrogens (tertiary/aromatic N) is 1. The van der Waals surface area contributed by atoms with Crippen molar-refractivity contribution in [2.45, 2.75) is 45.3 Å². The van der Waals surface area contributed by atoms with Gasteiger partial charge in [0.25, 0.3) is 0 Å². The normalized spacial score (nSPS) is 16.6. The zero-order chi connectivity index (χ0) is 20.0. The number of aliphatic imine (C=N–C) groups is 1. The maximum atomic E-state index is 5.71. The molecule has 0 amide bonds. The van der Waals surface area contributed by atoms with Gasteiger partial charge in [-0.3, -0.25) is 4.99 Å². The van der Waals surface area contributed by atoms with Crippen molar-refractivity contribution in [3.63, 3.8) is 0 Å². The van der Waals surface area contributed by atoms with Gasteiger partial charge in [-0.25, -0.2) is 0 Å². The molecule has 0 aromatic heterocycles. The Morgan fingerprint density at radius 3 is 2.76 bits per heavy atom. The Morgan fingerprint density at radius 1 is 1.31 bits per heavy atom. The summed E-state index contributed by atoms with van der Waals surface area (Å²) in [7, 11) is 0. The molecule has 1 saturated heterocycles. The highest BCUT2D eigenvalue weighted by molar-refractivity contribution is 14.0. The van der Waals surface area contributed by atoms with Crippen LogP contribution in [0.15, 0.2) is 29.3 Å². The fourth-order valence-corrected chi connectivity index (χ4v) is 3.09. The van der Waals surface area contributed by atoms with Crippen LogP contribution in [0, 0.1) is 0 Å². The molecular formula is C21H36IN3O3S. The summed E-state index contributed by atoms with van der Waals surface area (Å²) < 4.78 is 17.0. The van der Waals surface area contributed by atoms with E-state index >= 15 is 0 Å². The quantitative estimate of drug-likeness (QED) is 0.179. The van der Waals surface area contributed by atoms with Gasteiger partial charge in [0.2, 0.25) is 0 Å². The molecule has 1 aromatic rings. The maximum absolute atomic E-state index is 5.71. The van der Waals surface area contributed by atoms with Gasteiger partial charge in [-0.15, -0.1) is 24.0 Å². The molecule has 1 atom stereocenters. The van der Waals surface area contributed by atoms with Crippen LogP contribution in [0.3, 0.4) is 0 Å². The average Bonchev–Trinajstić information content (AvgIpc) is 3.19. The van der Waals surface area contributed by atoms with E-state index in [1.165, 1.54) is 0 Å². The Balaban J connectivity index is 0.00000420. The molecule has 0 bridgehead atoms. The van der Waals surface area contributed by atoms with Crippen LogP contribution in [0.25, 0.3) is 0 Å². The molecule has 0 saturated carbocycles. The van der Waals surface area contributed by atoms with Gasteiger partial charge in [0.05, 0.1) is 18.8 Å². The molecule has 1 heterocycles. The summed E-state index contributed by atoms with van der Waals surface area (Å²) >= 11 is 1.81. The molecule has 1 unspecified atom stereocenters. The van der Waals surface area contributed by atoms with Crippen LogP contribution in [-0.4, -0.2) is 63.1 Å². The van der Waals surface area contributed by atoms with Crippen LogP contribution < -0.4 is 15.4 Å². The Morgan fingerprint density at radius 2 is 2.10 bits per heavy atom.